The molecule has 0 spiro atoms. The lowest BCUT2D eigenvalue weighted by Crippen LogP contribution is -2.00. The zero-order valence-corrected chi connectivity index (χ0v) is 32.7. The van der Waals surface area contributed by atoms with Crippen LogP contribution in [0.1, 0.15) is 0 Å². The molecule has 3 heteroatoms. The van der Waals surface area contributed by atoms with Gasteiger partial charge in [-0.05, 0) is 95.0 Å². The van der Waals surface area contributed by atoms with E-state index in [0.29, 0.717) is 17.5 Å². The summed E-state index contributed by atoms with van der Waals surface area (Å²) >= 11 is 0. The molecule has 3 nitrogen and oxygen atoms in total. The molecule has 0 radical (unpaired) electrons. The van der Waals surface area contributed by atoms with Crippen LogP contribution < -0.4 is 0 Å². The fourth-order valence-corrected chi connectivity index (χ4v) is 8.58. The molecule has 0 fully saturated rings. The maximum absolute atomic E-state index is 5.25. The highest BCUT2D eigenvalue weighted by Crippen LogP contribution is 2.38. The van der Waals surface area contributed by atoms with Gasteiger partial charge in [0.15, 0.2) is 17.5 Å². The van der Waals surface area contributed by atoms with Crippen molar-refractivity contribution in [3.8, 4) is 78.7 Å². The molecule has 0 aliphatic heterocycles. The molecule has 1 aromatic heterocycles. The third-order valence-electron chi connectivity index (χ3n) is 11.5. The Labute approximate surface area is 349 Å². The van der Waals surface area contributed by atoms with E-state index < -0.39 is 0 Å². The largest absolute Gasteiger partial charge is 0.208 e. The van der Waals surface area contributed by atoms with E-state index in [1.54, 1.807) is 0 Å². The number of nitrogens with zero attached hydrogens (tertiary/aromatic N) is 3. The van der Waals surface area contributed by atoms with Gasteiger partial charge < -0.3 is 0 Å². The van der Waals surface area contributed by atoms with Gasteiger partial charge in [-0.3, -0.25) is 0 Å². The fourth-order valence-electron chi connectivity index (χ4n) is 8.58. The van der Waals surface area contributed by atoms with Crippen molar-refractivity contribution in [1.29, 1.82) is 0 Å². The molecule has 0 aliphatic rings. The van der Waals surface area contributed by atoms with Gasteiger partial charge in [0, 0.05) is 16.7 Å². The molecule has 11 rings (SSSR count). The summed E-state index contributed by atoms with van der Waals surface area (Å²) in [5, 5.41) is 7.04. The van der Waals surface area contributed by atoms with Crippen molar-refractivity contribution in [2.24, 2.45) is 0 Å². The first-order valence-electron chi connectivity index (χ1n) is 20.3. The number of fused-ring (bicyclic) bond motifs is 3. The van der Waals surface area contributed by atoms with Crippen LogP contribution in [-0.2, 0) is 0 Å². The van der Waals surface area contributed by atoms with E-state index in [2.05, 4.69) is 224 Å². The van der Waals surface area contributed by atoms with E-state index in [1.165, 1.54) is 49.5 Å². The Kier molecular flexibility index (Phi) is 8.83. The summed E-state index contributed by atoms with van der Waals surface area (Å²) < 4.78 is 0. The second-order valence-electron chi connectivity index (χ2n) is 15.2. The molecule has 0 atom stereocenters. The van der Waals surface area contributed by atoms with Crippen LogP contribution in [0.4, 0.5) is 0 Å². The summed E-state index contributed by atoms with van der Waals surface area (Å²) in [5.41, 5.74) is 12.2. The van der Waals surface area contributed by atoms with Gasteiger partial charge in [0.05, 0.1) is 0 Å². The SMILES string of the molecule is c1ccc(-c2cccc3cc(-c4nc(-c5cccc(-c6ccc(-c7ccccc7)c7ccccc67)c5)nc(-c5ccc6cccc(-c7ccccc7)c6c5)n4)ccc23)cc1. The molecule has 0 saturated carbocycles. The Morgan fingerprint density at radius 1 is 0.200 bits per heavy atom. The number of aromatic nitrogens is 3. The van der Waals surface area contributed by atoms with Gasteiger partial charge in [-0.1, -0.05) is 206 Å². The molecule has 10 aromatic carbocycles. The predicted octanol–water partition coefficient (Wildman–Crippen LogP) is 15.0. The molecule has 0 N–H and O–H groups in total. The third kappa shape index (κ3) is 6.49. The van der Waals surface area contributed by atoms with Crippen LogP contribution in [-0.4, -0.2) is 15.0 Å². The maximum Gasteiger partial charge on any atom is 0.164 e. The number of hydrogen-bond donors (Lipinski definition) is 0. The van der Waals surface area contributed by atoms with E-state index in [4.69, 9.17) is 15.0 Å². The predicted molar refractivity (Wildman–Crippen MR) is 250 cm³/mol. The van der Waals surface area contributed by atoms with Crippen molar-refractivity contribution in [3.05, 3.63) is 224 Å². The Morgan fingerprint density at radius 2 is 0.617 bits per heavy atom. The Balaban J connectivity index is 1.08. The van der Waals surface area contributed by atoms with Crippen molar-refractivity contribution in [2.75, 3.05) is 0 Å². The summed E-state index contributed by atoms with van der Waals surface area (Å²) in [5.74, 6) is 1.87. The lowest BCUT2D eigenvalue weighted by molar-refractivity contribution is 1.08. The molecule has 280 valence electrons. The molecule has 1 heterocycles. The van der Waals surface area contributed by atoms with E-state index in [9.17, 15) is 0 Å². The Bertz CT molecular complexity index is 3360. The molecule has 0 aliphatic carbocycles. The quantitative estimate of drug-likeness (QED) is 0.162. The van der Waals surface area contributed by atoms with E-state index >= 15 is 0 Å². The summed E-state index contributed by atoms with van der Waals surface area (Å²) in [7, 11) is 0. The number of rotatable bonds is 7. The zero-order chi connectivity index (χ0) is 39.8. The van der Waals surface area contributed by atoms with Gasteiger partial charge in [-0.25, -0.2) is 15.0 Å². The van der Waals surface area contributed by atoms with E-state index in [1.807, 2.05) is 0 Å². The molecule has 0 amide bonds. The molecule has 0 bridgehead atoms. The average Bonchev–Trinajstić information content (AvgIpc) is 3.33. The van der Waals surface area contributed by atoms with Crippen LogP contribution in [0.2, 0.25) is 0 Å². The second kappa shape index (κ2) is 15.1. The molecule has 60 heavy (non-hydrogen) atoms. The van der Waals surface area contributed by atoms with Crippen LogP contribution in [0.3, 0.4) is 0 Å². The molecule has 0 unspecified atom stereocenters. The first-order chi connectivity index (χ1) is 29.7. The van der Waals surface area contributed by atoms with Gasteiger partial charge in [0.1, 0.15) is 0 Å². The Morgan fingerprint density at radius 3 is 1.22 bits per heavy atom. The second-order valence-corrected chi connectivity index (χ2v) is 15.2. The molecule has 0 saturated heterocycles. The van der Waals surface area contributed by atoms with Gasteiger partial charge in [-0.15, -0.1) is 0 Å². The van der Waals surface area contributed by atoms with Gasteiger partial charge >= 0.3 is 0 Å². The first kappa shape index (κ1) is 35.2. The number of benzene rings is 10. The fraction of sp³-hybridized carbons (Fsp3) is 0. The zero-order valence-electron chi connectivity index (χ0n) is 32.7. The first-order valence-corrected chi connectivity index (χ1v) is 20.3. The minimum absolute atomic E-state index is 0.622. The van der Waals surface area contributed by atoms with Gasteiger partial charge in [-0.2, -0.15) is 0 Å². The molecular formula is C57H37N3. The van der Waals surface area contributed by atoms with Crippen LogP contribution in [0.5, 0.6) is 0 Å². The van der Waals surface area contributed by atoms with Gasteiger partial charge in [0.25, 0.3) is 0 Å². The summed E-state index contributed by atoms with van der Waals surface area (Å²) in [6.07, 6.45) is 0. The summed E-state index contributed by atoms with van der Waals surface area (Å²) in [4.78, 5) is 15.7. The highest BCUT2D eigenvalue weighted by Gasteiger charge is 2.17. The monoisotopic (exact) mass is 763 g/mol. The topological polar surface area (TPSA) is 38.7 Å². The maximum atomic E-state index is 5.25. The lowest BCUT2D eigenvalue weighted by atomic mass is 9.91. The van der Waals surface area contributed by atoms with Crippen LogP contribution in [0.25, 0.3) is 111 Å². The van der Waals surface area contributed by atoms with Crippen molar-refractivity contribution < 1.29 is 0 Å². The van der Waals surface area contributed by atoms with Crippen LogP contribution >= 0.6 is 0 Å². The molecule has 11 aromatic rings. The highest BCUT2D eigenvalue weighted by atomic mass is 15.0. The van der Waals surface area contributed by atoms with Crippen molar-refractivity contribution in [3.63, 3.8) is 0 Å². The minimum Gasteiger partial charge on any atom is -0.208 e. The molecular weight excluding hydrogens is 727 g/mol. The van der Waals surface area contributed by atoms with E-state index in [-0.39, 0.29) is 0 Å². The van der Waals surface area contributed by atoms with Crippen LogP contribution in [0.15, 0.2) is 224 Å². The van der Waals surface area contributed by atoms with Gasteiger partial charge in [0.2, 0.25) is 0 Å². The Hall–Kier alpha value is -8.01. The third-order valence-corrected chi connectivity index (χ3v) is 11.5. The van der Waals surface area contributed by atoms with E-state index in [0.717, 1.165) is 44.0 Å². The average molecular weight is 764 g/mol. The summed E-state index contributed by atoms with van der Waals surface area (Å²) in [6, 6.07) is 79.5. The van der Waals surface area contributed by atoms with Crippen LogP contribution in [0, 0.1) is 0 Å². The smallest absolute Gasteiger partial charge is 0.164 e. The summed E-state index contributed by atoms with van der Waals surface area (Å²) in [6.45, 7) is 0. The van der Waals surface area contributed by atoms with Crippen molar-refractivity contribution in [2.45, 2.75) is 0 Å². The number of hydrogen-bond acceptors (Lipinski definition) is 3. The minimum atomic E-state index is 0.622. The van der Waals surface area contributed by atoms with Crippen molar-refractivity contribution >= 4 is 32.3 Å². The standard InChI is InChI=1S/C57H37N3/c1-4-15-38(16-5-1)47-27-14-23-42-36-45(31-32-50(42)47)56-58-55(59-57(60-56)46-30-29-41-21-13-28-48(54(41)37-46)39-17-6-2-7-18-39)44-24-12-22-43(35-44)51-34-33-49(40-19-8-3-9-20-40)52-25-10-11-26-53(51)52/h1-37H. The lowest BCUT2D eigenvalue weighted by Gasteiger charge is -2.14. The highest BCUT2D eigenvalue weighted by molar-refractivity contribution is 6.05. The normalized spacial score (nSPS) is 11.3. The van der Waals surface area contributed by atoms with Crippen molar-refractivity contribution in [1.82, 2.24) is 15.0 Å².